The Hall–Kier alpha value is -2.74. The molecule has 0 spiro atoms. The number of benzene rings is 1. The summed E-state index contributed by atoms with van der Waals surface area (Å²) in [4.78, 5) is 27.9. The summed E-state index contributed by atoms with van der Waals surface area (Å²) in [6, 6.07) is 8.06. The van der Waals surface area contributed by atoms with Crippen molar-refractivity contribution in [3.05, 3.63) is 41.7 Å². The zero-order chi connectivity index (χ0) is 19.4. The lowest BCUT2D eigenvalue weighted by Crippen LogP contribution is -2.35. The molecule has 0 saturated heterocycles. The molecule has 1 aromatic carbocycles. The molecule has 2 N–H and O–H groups in total. The van der Waals surface area contributed by atoms with Gasteiger partial charge in [0.25, 0.3) is 0 Å². The van der Waals surface area contributed by atoms with Crippen LogP contribution in [0, 0.1) is 0 Å². The van der Waals surface area contributed by atoms with Crippen LogP contribution in [0.15, 0.2) is 36.7 Å². The molecular weight excluding hydrogens is 364 g/mol. The van der Waals surface area contributed by atoms with E-state index in [1.807, 2.05) is 18.2 Å². The zero-order valence-corrected chi connectivity index (χ0v) is 16.1. The monoisotopic (exact) mass is 386 g/mol. The number of nitrogens with zero attached hydrogens (tertiary/aromatic N) is 3. The summed E-state index contributed by atoms with van der Waals surface area (Å²) in [5, 5.41) is 17.1. The molecule has 27 heavy (non-hydrogen) atoms. The van der Waals surface area contributed by atoms with Crippen LogP contribution in [0.4, 0.5) is 5.69 Å². The van der Waals surface area contributed by atoms with Gasteiger partial charge in [0.15, 0.2) is 5.54 Å². The standard InChI is InChI=1S/C19H22N4O3S/c1-19(2,18(25)26)23-12-13(11-20-23)21-16(24)9-5-6-10-17-22-14-7-3-4-8-15(14)27-17/h3-4,7-8,11-12H,5-6,9-10H2,1-2H3,(H,21,24)(H,25,26). The van der Waals surface area contributed by atoms with E-state index in [0.717, 1.165) is 29.8 Å². The van der Waals surface area contributed by atoms with Crippen LogP contribution in [-0.4, -0.2) is 31.7 Å². The Morgan fingerprint density at radius 2 is 2.04 bits per heavy atom. The molecule has 0 radical (unpaired) electrons. The number of carboxylic acid groups (broad SMARTS) is 1. The fraction of sp³-hybridized carbons (Fsp3) is 0.368. The van der Waals surface area contributed by atoms with E-state index in [9.17, 15) is 14.7 Å². The van der Waals surface area contributed by atoms with Crippen molar-refractivity contribution in [2.75, 3.05) is 5.32 Å². The van der Waals surface area contributed by atoms with Gasteiger partial charge in [-0.25, -0.2) is 9.78 Å². The first-order valence-corrected chi connectivity index (χ1v) is 9.61. The summed E-state index contributed by atoms with van der Waals surface area (Å²) in [7, 11) is 0. The number of thiazole rings is 1. The van der Waals surface area contributed by atoms with E-state index in [2.05, 4.69) is 21.5 Å². The van der Waals surface area contributed by atoms with E-state index in [1.165, 1.54) is 21.8 Å². The molecule has 1 amide bonds. The largest absolute Gasteiger partial charge is 0.479 e. The molecular formula is C19H22N4O3S. The molecule has 7 nitrogen and oxygen atoms in total. The molecule has 8 heteroatoms. The first-order chi connectivity index (χ1) is 12.9. The summed E-state index contributed by atoms with van der Waals surface area (Å²) < 4.78 is 2.52. The number of carboxylic acids is 1. The molecule has 2 heterocycles. The molecule has 3 aromatic rings. The minimum absolute atomic E-state index is 0.105. The summed E-state index contributed by atoms with van der Waals surface area (Å²) in [6.07, 6.45) is 5.90. The fourth-order valence-corrected chi connectivity index (χ4v) is 3.61. The van der Waals surface area contributed by atoms with Crippen molar-refractivity contribution in [3.63, 3.8) is 0 Å². The van der Waals surface area contributed by atoms with Crippen LogP contribution in [0.25, 0.3) is 10.2 Å². The Balaban J connectivity index is 1.45. The van der Waals surface area contributed by atoms with Gasteiger partial charge in [-0.15, -0.1) is 11.3 Å². The van der Waals surface area contributed by atoms with Crippen LogP contribution in [0.2, 0.25) is 0 Å². The molecule has 0 saturated carbocycles. The molecule has 2 aromatic heterocycles. The van der Waals surface area contributed by atoms with Crippen molar-refractivity contribution in [1.82, 2.24) is 14.8 Å². The third-order valence-corrected chi connectivity index (χ3v) is 5.44. The predicted molar refractivity (Wildman–Crippen MR) is 105 cm³/mol. The topological polar surface area (TPSA) is 97.1 Å². The predicted octanol–water partition coefficient (Wildman–Crippen LogP) is 3.66. The van der Waals surface area contributed by atoms with E-state index < -0.39 is 11.5 Å². The highest BCUT2D eigenvalue weighted by molar-refractivity contribution is 7.18. The number of aryl methyl sites for hydroxylation is 1. The molecule has 0 aliphatic rings. The number of unbranched alkanes of at least 4 members (excludes halogenated alkanes) is 1. The number of fused-ring (bicyclic) bond motifs is 1. The average Bonchev–Trinajstić information content (AvgIpc) is 3.25. The molecule has 0 unspecified atom stereocenters. The Labute approximate surface area is 161 Å². The number of hydrogen-bond acceptors (Lipinski definition) is 5. The molecule has 0 fully saturated rings. The number of carbonyl (C=O) groups is 2. The van der Waals surface area contributed by atoms with Crippen LogP contribution in [-0.2, 0) is 21.5 Å². The normalized spacial score (nSPS) is 11.6. The molecule has 142 valence electrons. The van der Waals surface area contributed by atoms with E-state index in [4.69, 9.17) is 0 Å². The van der Waals surface area contributed by atoms with Gasteiger partial charge in [-0.1, -0.05) is 12.1 Å². The van der Waals surface area contributed by atoms with Gasteiger partial charge >= 0.3 is 5.97 Å². The maximum atomic E-state index is 12.1. The lowest BCUT2D eigenvalue weighted by atomic mass is 10.1. The van der Waals surface area contributed by atoms with Gasteiger partial charge in [-0.05, 0) is 45.2 Å². The van der Waals surface area contributed by atoms with E-state index in [0.29, 0.717) is 12.1 Å². The molecule has 0 atom stereocenters. The van der Waals surface area contributed by atoms with Crippen molar-refractivity contribution in [2.45, 2.75) is 45.1 Å². The summed E-state index contributed by atoms with van der Waals surface area (Å²) in [5.74, 6) is -1.09. The summed E-state index contributed by atoms with van der Waals surface area (Å²) in [5.41, 5.74) is 0.359. The number of aliphatic carboxylic acids is 1. The Bertz CT molecular complexity index is 928. The molecule has 0 aliphatic carbocycles. The lowest BCUT2D eigenvalue weighted by molar-refractivity contribution is -0.146. The highest BCUT2D eigenvalue weighted by Gasteiger charge is 2.30. The second-order valence-electron chi connectivity index (χ2n) is 6.87. The average molecular weight is 386 g/mol. The summed E-state index contributed by atoms with van der Waals surface area (Å²) in [6.45, 7) is 3.10. The Morgan fingerprint density at radius 3 is 2.78 bits per heavy atom. The maximum Gasteiger partial charge on any atom is 0.331 e. The Kier molecular flexibility index (Phi) is 5.55. The van der Waals surface area contributed by atoms with Crippen LogP contribution < -0.4 is 5.32 Å². The number of anilines is 1. The highest BCUT2D eigenvalue weighted by atomic mass is 32.1. The zero-order valence-electron chi connectivity index (χ0n) is 15.3. The maximum absolute atomic E-state index is 12.1. The lowest BCUT2D eigenvalue weighted by Gasteiger charge is -2.19. The van der Waals surface area contributed by atoms with Gasteiger partial charge < -0.3 is 10.4 Å². The van der Waals surface area contributed by atoms with Crippen LogP contribution >= 0.6 is 11.3 Å². The van der Waals surface area contributed by atoms with Gasteiger partial charge in [-0.3, -0.25) is 9.48 Å². The van der Waals surface area contributed by atoms with Gasteiger partial charge in [0.1, 0.15) is 0 Å². The minimum Gasteiger partial charge on any atom is -0.479 e. The fourth-order valence-electron chi connectivity index (χ4n) is 2.60. The quantitative estimate of drug-likeness (QED) is 0.576. The van der Waals surface area contributed by atoms with Crippen molar-refractivity contribution in [2.24, 2.45) is 0 Å². The number of para-hydroxylation sites is 1. The van der Waals surface area contributed by atoms with E-state index >= 15 is 0 Å². The number of nitrogens with one attached hydrogen (secondary N) is 1. The second kappa shape index (κ2) is 7.87. The molecule has 3 rings (SSSR count). The number of rotatable bonds is 8. The van der Waals surface area contributed by atoms with Crippen LogP contribution in [0.1, 0.15) is 38.1 Å². The minimum atomic E-state index is -1.17. The van der Waals surface area contributed by atoms with Gasteiger partial charge in [-0.2, -0.15) is 5.10 Å². The second-order valence-corrected chi connectivity index (χ2v) is 7.98. The van der Waals surface area contributed by atoms with Gasteiger partial charge in [0.2, 0.25) is 5.91 Å². The SMILES string of the molecule is CC(C)(C(=O)O)n1cc(NC(=O)CCCCc2nc3ccccc3s2)cn1. The highest BCUT2D eigenvalue weighted by Crippen LogP contribution is 2.23. The van der Waals surface area contributed by atoms with Crippen molar-refractivity contribution < 1.29 is 14.7 Å². The number of hydrogen-bond donors (Lipinski definition) is 2. The number of amides is 1. The van der Waals surface area contributed by atoms with Crippen molar-refractivity contribution in [1.29, 1.82) is 0 Å². The van der Waals surface area contributed by atoms with E-state index in [-0.39, 0.29) is 5.91 Å². The third-order valence-electron chi connectivity index (χ3n) is 4.35. The number of aromatic nitrogens is 3. The van der Waals surface area contributed by atoms with Crippen LogP contribution in [0.5, 0.6) is 0 Å². The number of carbonyl (C=O) groups excluding carboxylic acids is 1. The van der Waals surface area contributed by atoms with Crippen molar-refractivity contribution >= 4 is 39.1 Å². The smallest absolute Gasteiger partial charge is 0.331 e. The van der Waals surface area contributed by atoms with Gasteiger partial charge in [0.05, 0.1) is 27.1 Å². The molecule has 0 bridgehead atoms. The van der Waals surface area contributed by atoms with E-state index in [1.54, 1.807) is 25.2 Å². The first-order valence-electron chi connectivity index (χ1n) is 8.79. The van der Waals surface area contributed by atoms with Gasteiger partial charge in [0, 0.05) is 12.6 Å². The van der Waals surface area contributed by atoms with Crippen molar-refractivity contribution in [3.8, 4) is 0 Å². The first kappa shape index (κ1) is 19.0. The summed E-state index contributed by atoms with van der Waals surface area (Å²) >= 11 is 1.70. The molecule has 0 aliphatic heterocycles. The Morgan fingerprint density at radius 1 is 1.26 bits per heavy atom. The van der Waals surface area contributed by atoms with Crippen LogP contribution in [0.3, 0.4) is 0 Å². The third kappa shape index (κ3) is 4.51.